The minimum Gasteiger partial charge on any atom is -0.493 e. The van der Waals surface area contributed by atoms with E-state index in [-0.39, 0.29) is 22.8 Å². The van der Waals surface area contributed by atoms with Crippen LogP contribution in [0.2, 0.25) is 0 Å². The predicted octanol–water partition coefficient (Wildman–Crippen LogP) is 2.85. The normalized spacial score (nSPS) is 10.0. The van der Waals surface area contributed by atoms with Gasteiger partial charge in [0.2, 0.25) is 0 Å². The Morgan fingerprint density at radius 1 is 0.870 bits per heavy atom. The number of nitro benzene ring substituents is 1. The lowest BCUT2D eigenvalue weighted by Gasteiger charge is -2.09. The molecule has 23 heavy (non-hydrogen) atoms. The van der Waals surface area contributed by atoms with Crippen molar-refractivity contribution in [3.05, 3.63) is 57.6 Å². The van der Waals surface area contributed by atoms with Gasteiger partial charge < -0.3 is 14.2 Å². The number of carbonyl (C=O) groups excluding carboxylic acids is 1. The van der Waals surface area contributed by atoms with Gasteiger partial charge >= 0.3 is 5.69 Å². The van der Waals surface area contributed by atoms with E-state index in [1.54, 1.807) is 12.1 Å². The van der Waals surface area contributed by atoms with Crippen molar-refractivity contribution in [2.45, 2.75) is 0 Å². The summed E-state index contributed by atoms with van der Waals surface area (Å²) in [6.07, 6.45) is 0. The van der Waals surface area contributed by atoms with E-state index in [2.05, 4.69) is 0 Å². The molecule has 120 valence electrons. The van der Waals surface area contributed by atoms with Gasteiger partial charge in [0.25, 0.3) is 0 Å². The third kappa shape index (κ3) is 3.23. The highest BCUT2D eigenvalue weighted by Crippen LogP contribution is 2.31. The molecule has 0 aliphatic rings. The topological polar surface area (TPSA) is 87.9 Å². The van der Waals surface area contributed by atoms with Crippen LogP contribution in [0.1, 0.15) is 15.9 Å². The Morgan fingerprint density at radius 3 is 1.91 bits per heavy atom. The fourth-order valence-corrected chi connectivity index (χ4v) is 2.12. The number of nitrogens with zero attached hydrogens (tertiary/aromatic N) is 1. The molecule has 0 aliphatic heterocycles. The van der Waals surface area contributed by atoms with Crippen molar-refractivity contribution in [3.8, 4) is 17.2 Å². The maximum atomic E-state index is 12.5. The summed E-state index contributed by atoms with van der Waals surface area (Å²) in [5.41, 5.74) is 0.255. The number of rotatable bonds is 6. The highest BCUT2D eigenvalue weighted by atomic mass is 16.6. The lowest BCUT2D eigenvalue weighted by atomic mass is 10.0. The van der Waals surface area contributed by atoms with Crippen LogP contribution in [-0.2, 0) is 0 Å². The van der Waals surface area contributed by atoms with Crippen LogP contribution in [0.3, 0.4) is 0 Å². The molecule has 0 bridgehead atoms. The summed E-state index contributed by atoms with van der Waals surface area (Å²) in [4.78, 5) is 23.0. The SMILES string of the molecule is COc1ccc(C(=O)c2ccc(OC)c([N+](=O)[O-])c2)cc1OC. The molecule has 0 saturated carbocycles. The molecule has 0 spiro atoms. The smallest absolute Gasteiger partial charge is 0.311 e. The van der Waals surface area contributed by atoms with Gasteiger partial charge in [-0.15, -0.1) is 0 Å². The quantitative estimate of drug-likeness (QED) is 0.462. The molecule has 0 N–H and O–H groups in total. The second kappa shape index (κ2) is 6.78. The van der Waals surface area contributed by atoms with Crippen molar-refractivity contribution in [2.75, 3.05) is 21.3 Å². The van der Waals surface area contributed by atoms with Crippen LogP contribution < -0.4 is 14.2 Å². The monoisotopic (exact) mass is 317 g/mol. The Kier molecular flexibility index (Phi) is 4.80. The molecule has 0 radical (unpaired) electrons. The number of ether oxygens (including phenoxy) is 3. The van der Waals surface area contributed by atoms with Gasteiger partial charge in [0.05, 0.1) is 26.3 Å². The summed E-state index contributed by atoms with van der Waals surface area (Å²) in [7, 11) is 4.29. The first kappa shape index (κ1) is 16.3. The second-order valence-electron chi connectivity index (χ2n) is 4.54. The maximum Gasteiger partial charge on any atom is 0.311 e. The molecule has 0 atom stereocenters. The van der Waals surface area contributed by atoms with Crippen LogP contribution in [-0.4, -0.2) is 32.0 Å². The summed E-state index contributed by atoms with van der Waals surface area (Å²) in [6, 6.07) is 8.76. The zero-order valence-corrected chi connectivity index (χ0v) is 12.9. The Morgan fingerprint density at radius 2 is 1.39 bits per heavy atom. The summed E-state index contributed by atoms with van der Waals surface area (Å²) in [5.74, 6) is 0.627. The number of nitro groups is 1. The minimum absolute atomic E-state index is 0.0962. The van der Waals surface area contributed by atoms with Crippen molar-refractivity contribution < 1.29 is 23.9 Å². The first-order valence-corrected chi connectivity index (χ1v) is 6.61. The predicted molar refractivity (Wildman–Crippen MR) is 82.6 cm³/mol. The fraction of sp³-hybridized carbons (Fsp3) is 0.188. The minimum atomic E-state index is -0.593. The third-order valence-corrected chi connectivity index (χ3v) is 3.28. The number of hydrogen-bond donors (Lipinski definition) is 0. The molecule has 0 aliphatic carbocycles. The van der Waals surface area contributed by atoms with E-state index in [9.17, 15) is 14.9 Å². The maximum absolute atomic E-state index is 12.5. The standard InChI is InChI=1S/C16H15NO6/c1-21-13-6-4-10(8-12(13)17(19)20)16(18)11-5-7-14(22-2)15(9-11)23-3/h4-9H,1-3H3. The highest BCUT2D eigenvalue weighted by Gasteiger charge is 2.20. The van der Waals surface area contributed by atoms with Crippen LogP contribution >= 0.6 is 0 Å². The zero-order chi connectivity index (χ0) is 17.0. The fourth-order valence-electron chi connectivity index (χ4n) is 2.12. The Balaban J connectivity index is 2.44. The first-order chi connectivity index (χ1) is 11.0. The van der Waals surface area contributed by atoms with E-state index >= 15 is 0 Å². The Labute approximate surface area is 132 Å². The van der Waals surface area contributed by atoms with E-state index in [4.69, 9.17) is 14.2 Å². The van der Waals surface area contributed by atoms with Crippen LogP contribution in [0.15, 0.2) is 36.4 Å². The van der Waals surface area contributed by atoms with E-state index in [0.29, 0.717) is 17.1 Å². The van der Waals surface area contributed by atoms with Gasteiger partial charge in [-0.05, 0) is 30.3 Å². The van der Waals surface area contributed by atoms with Crippen LogP contribution in [0.25, 0.3) is 0 Å². The Hall–Kier alpha value is -3.09. The molecule has 0 heterocycles. The lowest BCUT2D eigenvalue weighted by molar-refractivity contribution is -0.385. The number of carbonyl (C=O) groups is 1. The highest BCUT2D eigenvalue weighted by molar-refractivity contribution is 6.09. The average molecular weight is 317 g/mol. The molecule has 0 saturated heterocycles. The van der Waals surface area contributed by atoms with Crippen molar-refractivity contribution in [2.24, 2.45) is 0 Å². The molecule has 2 aromatic carbocycles. The van der Waals surface area contributed by atoms with Gasteiger partial charge in [0, 0.05) is 17.2 Å². The largest absolute Gasteiger partial charge is 0.493 e. The van der Waals surface area contributed by atoms with E-state index < -0.39 is 4.92 Å². The number of benzene rings is 2. The van der Waals surface area contributed by atoms with Gasteiger partial charge in [-0.3, -0.25) is 14.9 Å². The second-order valence-corrected chi connectivity index (χ2v) is 4.54. The average Bonchev–Trinajstić information content (AvgIpc) is 2.59. The van der Waals surface area contributed by atoms with Crippen molar-refractivity contribution in [1.29, 1.82) is 0 Å². The molecule has 7 heteroatoms. The number of ketones is 1. The molecule has 0 amide bonds. The Bertz CT molecular complexity index is 756. The summed E-state index contributed by atoms with van der Waals surface area (Å²) in [6.45, 7) is 0. The van der Waals surface area contributed by atoms with E-state index in [1.807, 2.05) is 0 Å². The first-order valence-electron chi connectivity index (χ1n) is 6.61. The number of methoxy groups -OCH3 is 3. The van der Waals surface area contributed by atoms with Gasteiger partial charge in [0.15, 0.2) is 23.0 Å². The molecule has 0 aromatic heterocycles. The summed E-state index contributed by atoms with van der Waals surface area (Å²) >= 11 is 0. The molecule has 2 aromatic rings. The summed E-state index contributed by atoms with van der Waals surface area (Å²) in [5, 5.41) is 11.1. The van der Waals surface area contributed by atoms with Crippen molar-refractivity contribution in [3.63, 3.8) is 0 Å². The third-order valence-electron chi connectivity index (χ3n) is 3.28. The van der Waals surface area contributed by atoms with Gasteiger partial charge in [-0.2, -0.15) is 0 Å². The molecular weight excluding hydrogens is 302 g/mol. The molecule has 0 unspecified atom stereocenters. The van der Waals surface area contributed by atoms with Crippen LogP contribution in [0.5, 0.6) is 17.2 Å². The lowest BCUT2D eigenvalue weighted by Crippen LogP contribution is -2.04. The molecule has 0 fully saturated rings. The van der Waals surface area contributed by atoms with Crippen molar-refractivity contribution in [1.82, 2.24) is 0 Å². The van der Waals surface area contributed by atoms with Gasteiger partial charge in [0.1, 0.15) is 0 Å². The zero-order valence-electron chi connectivity index (χ0n) is 12.9. The molecule has 2 rings (SSSR count). The molecule has 7 nitrogen and oxygen atoms in total. The van der Waals surface area contributed by atoms with Crippen molar-refractivity contribution >= 4 is 11.5 Å². The van der Waals surface area contributed by atoms with Crippen LogP contribution in [0.4, 0.5) is 5.69 Å². The van der Waals surface area contributed by atoms with Gasteiger partial charge in [-0.25, -0.2) is 0 Å². The van der Waals surface area contributed by atoms with E-state index in [1.165, 1.54) is 45.6 Å². The molecular formula is C16H15NO6. The van der Waals surface area contributed by atoms with E-state index in [0.717, 1.165) is 0 Å². The number of hydrogen-bond acceptors (Lipinski definition) is 6. The van der Waals surface area contributed by atoms with Crippen LogP contribution in [0, 0.1) is 10.1 Å². The van der Waals surface area contributed by atoms with Gasteiger partial charge in [-0.1, -0.05) is 0 Å². The summed E-state index contributed by atoms with van der Waals surface area (Å²) < 4.78 is 15.2.